The molecule has 0 aliphatic carbocycles. The molecule has 0 aliphatic rings. The van der Waals surface area contributed by atoms with Gasteiger partial charge in [0.05, 0.1) is 6.61 Å². The van der Waals surface area contributed by atoms with Gasteiger partial charge in [0.1, 0.15) is 0 Å². The van der Waals surface area contributed by atoms with Crippen LogP contribution in [-0.2, 0) is 9.53 Å². The highest BCUT2D eigenvalue weighted by Crippen LogP contribution is 1.99. The topological polar surface area (TPSA) is 93.4 Å². The summed E-state index contributed by atoms with van der Waals surface area (Å²) in [6.07, 6.45) is 0.232. The third-order valence-corrected chi connectivity index (χ3v) is 1.42. The molecule has 88 valence electrons. The summed E-state index contributed by atoms with van der Waals surface area (Å²) >= 11 is 0. The second-order valence-electron chi connectivity index (χ2n) is 4.18. The molecule has 0 spiro atoms. The van der Waals surface area contributed by atoms with Crippen molar-refractivity contribution in [3.8, 4) is 0 Å². The fourth-order valence-electron chi connectivity index (χ4n) is 0.812. The first-order chi connectivity index (χ1) is 6.85. The maximum absolute atomic E-state index is 11.1. The Kier molecular flexibility index (Phi) is 5.69. The van der Waals surface area contributed by atoms with Crippen LogP contribution in [0.15, 0.2) is 0 Å². The molecule has 6 heteroatoms. The molecule has 0 atom stereocenters. The average molecular weight is 217 g/mol. The van der Waals surface area contributed by atoms with Crippen molar-refractivity contribution in [2.24, 2.45) is 5.84 Å². The summed E-state index contributed by atoms with van der Waals surface area (Å²) < 4.78 is 4.84. The zero-order valence-electron chi connectivity index (χ0n) is 9.42. The lowest BCUT2D eigenvalue weighted by Gasteiger charge is -2.19. The lowest BCUT2D eigenvalue weighted by atomic mass is 10.1. The normalized spacial score (nSPS) is 10.7. The Bertz CT molecular complexity index is 223. The van der Waals surface area contributed by atoms with Gasteiger partial charge in [-0.05, 0) is 27.2 Å². The van der Waals surface area contributed by atoms with E-state index < -0.39 is 6.09 Å². The summed E-state index contributed by atoms with van der Waals surface area (Å²) in [5.41, 5.74) is 1.68. The second kappa shape index (κ2) is 6.23. The van der Waals surface area contributed by atoms with E-state index in [2.05, 4.69) is 5.32 Å². The van der Waals surface area contributed by atoms with E-state index in [1.807, 2.05) is 26.2 Å². The number of hydrogen-bond acceptors (Lipinski definition) is 4. The second-order valence-corrected chi connectivity index (χ2v) is 4.18. The van der Waals surface area contributed by atoms with E-state index in [1.54, 1.807) is 0 Å². The number of nitrogens with one attached hydrogen (secondary N) is 2. The van der Waals surface area contributed by atoms with Gasteiger partial charge in [0, 0.05) is 12.0 Å². The SMILES string of the molecule is CC(C)(C)NC(=O)OCCCC(=O)NN. The minimum Gasteiger partial charge on any atom is -0.450 e. The van der Waals surface area contributed by atoms with Gasteiger partial charge in [-0.15, -0.1) is 0 Å². The van der Waals surface area contributed by atoms with Crippen LogP contribution in [0.5, 0.6) is 0 Å². The number of alkyl carbamates (subject to hydrolysis) is 1. The summed E-state index contributed by atoms with van der Waals surface area (Å²) in [7, 11) is 0. The summed E-state index contributed by atoms with van der Waals surface area (Å²) in [4.78, 5) is 21.8. The first-order valence-corrected chi connectivity index (χ1v) is 4.79. The number of amides is 2. The smallest absolute Gasteiger partial charge is 0.407 e. The van der Waals surface area contributed by atoms with Crippen molar-refractivity contribution < 1.29 is 14.3 Å². The fourth-order valence-corrected chi connectivity index (χ4v) is 0.812. The zero-order chi connectivity index (χ0) is 11.9. The Morgan fingerprint density at radius 1 is 1.33 bits per heavy atom. The monoisotopic (exact) mass is 217 g/mol. The van der Waals surface area contributed by atoms with E-state index in [1.165, 1.54) is 0 Å². The van der Waals surface area contributed by atoms with Crippen LogP contribution in [0.2, 0.25) is 0 Å². The summed E-state index contributed by atoms with van der Waals surface area (Å²) in [6.45, 7) is 5.78. The van der Waals surface area contributed by atoms with Gasteiger partial charge in [-0.25, -0.2) is 10.6 Å². The molecule has 0 saturated heterocycles. The zero-order valence-corrected chi connectivity index (χ0v) is 9.42. The van der Waals surface area contributed by atoms with E-state index in [4.69, 9.17) is 10.6 Å². The Morgan fingerprint density at radius 2 is 1.93 bits per heavy atom. The quantitative estimate of drug-likeness (QED) is 0.273. The Hall–Kier alpha value is -1.30. The number of rotatable bonds is 4. The molecule has 0 aromatic carbocycles. The van der Waals surface area contributed by atoms with Crippen LogP contribution in [0.4, 0.5) is 4.79 Å². The maximum atomic E-state index is 11.1. The van der Waals surface area contributed by atoms with Crippen LogP contribution < -0.4 is 16.6 Å². The number of carbonyl (C=O) groups excluding carboxylic acids is 2. The molecule has 0 rings (SSSR count). The lowest BCUT2D eigenvalue weighted by Crippen LogP contribution is -2.41. The van der Waals surface area contributed by atoms with Crippen molar-refractivity contribution in [2.45, 2.75) is 39.2 Å². The molecule has 0 aliphatic heterocycles. The van der Waals surface area contributed by atoms with Crippen LogP contribution in [0.25, 0.3) is 0 Å². The third kappa shape index (κ3) is 9.01. The molecule has 2 amide bonds. The minimum atomic E-state index is -0.476. The third-order valence-electron chi connectivity index (χ3n) is 1.42. The molecule has 0 radical (unpaired) electrons. The average Bonchev–Trinajstić information content (AvgIpc) is 2.09. The molecule has 6 nitrogen and oxygen atoms in total. The van der Waals surface area contributed by atoms with Crippen LogP contribution >= 0.6 is 0 Å². The predicted molar refractivity (Wildman–Crippen MR) is 55.8 cm³/mol. The van der Waals surface area contributed by atoms with Gasteiger partial charge in [0.25, 0.3) is 0 Å². The molecule has 4 N–H and O–H groups in total. The molecular weight excluding hydrogens is 198 g/mol. The Labute approximate surface area is 89.5 Å². The van der Waals surface area contributed by atoms with Crippen LogP contribution in [0.3, 0.4) is 0 Å². The van der Waals surface area contributed by atoms with Gasteiger partial charge < -0.3 is 10.1 Å². The molecule has 15 heavy (non-hydrogen) atoms. The molecule has 0 bridgehead atoms. The first kappa shape index (κ1) is 13.7. The number of carbonyl (C=O) groups is 2. The van der Waals surface area contributed by atoms with Crippen molar-refractivity contribution in [1.82, 2.24) is 10.7 Å². The highest BCUT2D eigenvalue weighted by Gasteiger charge is 2.14. The molecule has 0 unspecified atom stereocenters. The predicted octanol–water partition coefficient (Wildman–Crippen LogP) is 0.281. The van der Waals surface area contributed by atoms with Gasteiger partial charge in [-0.1, -0.05) is 0 Å². The van der Waals surface area contributed by atoms with Gasteiger partial charge in [0.15, 0.2) is 0 Å². The van der Waals surface area contributed by atoms with Crippen LogP contribution in [0, 0.1) is 0 Å². The summed E-state index contributed by atoms with van der Waals surface area (Å²) in [5.74, 6) is 4.61. The largest absolute Gasteiger partial charge is 0.450 e. The molecule has 0 aromatic rings. The number of nitrogens with two attached hydrogens (primary N) is 1. The minimum absolute atomic E-state index is 0.204. The van der Waals surface area contributed by atoms with Crippen molar-refractivity contribution in [3.05, 3.63) is 0 Å². The van der Waals surface area contributed by atoms with E-state index in [9.17, 15) is 9.59 Å². The van der Waals surface area contributed by atoms with E-state index in [-0.39, 0.29) is 24.5 Å². The summed E-state index contributed by atoms with van der Waals surface area (Å²) in [6, 6.07) is 0. The molecule has 0 heterocycles. The van der Waals surface area contributed by atoms with E-state index in [0.29, 0.717) is 6.42 Å². The van der Waals surface area contributed by atoms with Crippen molar-refractivity contribution >= 4 is 12.0 Å². The van der Waals surface area contributed by atoms with Crippen LogP contribution in [-0.4, -0.2) is 24.1 Å². The number of hydrazine groups is 1. The van der Waals surface area contributed by atoms with Crippen LogP contribution in [0.1, 0.15) is 33.6 Å². The van der Waals surface area contributed by atoms with Crippen molar-refractivity contribution in [2.75, 3.05) is 6.61 Å². The van der Waals surface area contributed by atoms with Crippen molar-refractivity contribution in [1.29, 1.82) is 0 Å². The summed E-state index contributed by atoms with van der Waals surface area (Å²) in [5, 5.41) is 2.63. The van der Waals surface area contributed by atoms with Gasteiger partial charge >= 0.3 is 6.09 Å². The highest BCUT2D eigenvalue weighted by molar-refractivity contribution is 5.75. The molecule has 0 fully saturated rings. The standard InChI is InChI=1S/C9H19N3O3/c1-9(2,3)11-8(14)15-6-4-5-7(13)12-10/h4-6,10H2,1-3H3,(H,11,14)(H,12,13). The van der Waals surface area contributed by atoms with Gasteiger partial charge in [0.2, 0.25) is 5.91 Å². The first-order valence-electron chi connectivity index (χ1n) is 4.79. The van der Waals surface area contributed by atoms with E-state index >= 15 is 0 Å². The maximum Gasteiger partial charge on any atom is 0.407 e. The fraction of sp³-hybridized carbons (Fsp3) is 0.778. The number of ether oxygens (including phenoxy) is 1. The van der Waals surface area contributed by atoms with Crippen molar-refractivity contribution in [3.63, 3.8) is 0 Å². The molecule has 0 saturated carbocycles. The van der Waals surface area contributed by atoms with Gasteiger partial charge in [-0.3, -0.25) is 10.2 Å². The molecular formula is C9H19N3O3. The Balaban J connectivity index is 3.52. The van der Waals surface area contributed by atoms with E-state index in [0.717, 1.165) is 0 Å². The number of hydrogen-bond donors (Lipinski definition) is 3. The lowest BCUT2D eigenvalue weighted by molar-refractivity contribution is -0.121. The highest BCUT2D eigenvalue weighted by atomic mass is 16.5. The Morgan fingerprint density at radius 3 is 2.40 bits per heavy atom. The molecule has 0 aromatic heterocycles. The van der Waals surface area contributed by atoms with Gasteiger partial charge in [-0.2, -0.15) is 0 Å².